The molecule has 0 aromatic heterocycles. The van der Waals surface area contributed by atoms with E-state index >= 15 is 0 Å². The molecule has 0 bridgehead atoms. The van der Waals surface area contributed by atoms with Crippen LogP contribution in [0.1, 0.15) is 34.1 Å². The first-order valence-electron chi connectivity index (χ1n) is 8.33. The summed E-state index contributed by atoms with van der Waals surface area (Å²) in [6.07, 6.45) is -1.10. The average molecular weight is 373 g/mol. The Labute approximate surface area is 156 Å². The molecule has 0 heterocycles. The second-order valence-electron chi connectivity index (χ2n) is 5.71. The van der Waals surface area contributed by atoms with E-state index in [4.69, 9.17) is 9.47 Å². The van der Waals surface area contributed by atoms with Gasteiger partial charge in [0.2, 0.25) is 5.78 Å². The van der Waals surface area contributed by atoms with Gasteiger partial charge in [-0.05, 0) is 43.3 Å². The van der Waals surface area contributed by atoms with Crippen LogP contribution in [0.3, 0.4) is 0 Å². The third-order valence-corrected chi connectivity index (χ3v) is 3.77. The largest absolute Gasteiger partial charge is 0.496 e. The zero-order valence-electron chi connectivity index (χ0n) is 15.0. The average Bonchev–Trinajstić information content (AvgIpc) is 2.67. The van der Waals surface area contributed by atoms with Crippen molar-refractivity contribution >= 4 is 17.7 Å². The molecule has 2 aromatic carbocycles. The summed E-state index contributed by atoms with van der Waals surface area (Å²) in [6.45, 7) is 1.49. The van der Waals surface area contributed by atoms with Gasteiger partial charge in [0.1, 0.15) is 11.6 Å². The molecule has 1 N–H and O–H groups in total. The number of methoxy groups -OCH3 is 1. The van der Waals surface area contributed by atoms with Crippen LogP contribution in [0, 0.1) is 5.82 Å². The SMILES string of the molecule is COc1ccccc1C(=O)NCCC(=O)O[C@@H](C)C(=O)c1ccc(F)cc1. The first kappa shape index (κ1) is 20.1. The zero-order valence-corrected chi connectivity index (χ0v) is 15.0. The molecule has 27 heavy (non-hydrogen) atoms. The maximum atomic E-state index is 12.9. The Morgan fingerprint density at radius 1 is 1.07 bits per heavy atom. The number of hydrogen-bond acceptors (Lipinski definition) is 5. The van der Waals surface area contributed by atoms with Crippen LogP contribution < -0.4 is 10.1 Å². The van der Waals surface area contributed by atoms with Crippen LogP contribution in [-0.4, -0.2) is 37.4 Å². The minimum atomic E-state index is -1.01. The van der Waals surface area contributed by atoms with Gasteiger partial charge in [0.05, 0.1) is 19.1 Å². The van der Waals surface area contributed by atoms with E-state index in [1.807, 2.05) is 0 Å². The van der Waals surface area contributed by atoms with Crippen molar-refractivity contribution in [1.82, 2.24) is 5.32 Å². The van der Waals surface area contributed by atoms with Gasteiger partial charge >= 0.3 is 5.97 Å². The lowest BCUT2D eigenvalue weighted by Gasteiger charge is -2.13. The Hall–Kier alpha value is -3.22. The normalized spacial score (nSPS) is 11.4. The van der Waals surface area contributed by atoms with Crippen molar-refractivity contribution in [2.45, 2.75) is 19.4 Å². The van der Waals surface area contributed by atoms with Gasteiger partial charge < -0.3 is 14.8 Å². The summed E-state index contributed by atoms with van der Waals surface area (Å²) in [5, 5.41) is 2.60. The maximum absolute atomic E-state index is 12.9. The van der Waals surface area contributed by atoms with Crippen LogP contribution in [0.2, 0.25) is 0 Å². The molecule has 0 saturated heterocycles. The highest BCUT2D eigenvalue weighted by Crippen LogP contribution is 2.16. The molecule has 2 rings (SSSR count). The van der Waals surface area contributed by atoms with Crippen molar-refractivity contribution in [3.8, 4) is 5.75 Å². The quantitative estimate of drug-likeness (QED) is 0.568. The van der Waals surface area contributed by atoms with Crippen molar-refractivity contribution < 1.29 is 28.2 Å². The first-order valence-corrected chi connectivity index (χ1v) is 8.33. The maximum Gasteiger partial charge on any atom is 0.308 e. The van der Waals surface area contributed by atoms with Crippen LogP contribution in [0.15, 0.2) is 48.5 Å². The topological polar surface area (TPSA) is 81.7 Å². The minimum Gasteiger partial charge on any atom is -0.496 e. The van der Waals surface area contributed by atoms with E-state index in [1.165, 1.54) is 26.2 Å². The number of esters is 1. The lowest BCUT2D eigenvalue weighted by Crippen LogP contribution is -2.29. The van der Waals surface area contributed by atoms with Gasteiger partial charge in [-0.1, -0.05) is 12.1 Å². The minimum absolute atomic E-state index is 0.0488. The number of Topliss-reactive ketones (excluding diaryl/α,β-unsaturated/α-hetero) is 1. The Kier molecular flexibility index (Phi) is 7.05. The molecule has 0 spiro atoms. The van der Waals surface area contributed by atoms with Crippen molar-refractivity contribution in [1.29, 1.82) is 0 Å². The van der Waals surface area contributed by atoms with E-state index < -0.39 is 23.7 Å². The standard InChI is InChI=1S/C20H20FNO5/c1-13(19(24)14-7-9-15(21)10-8-14)27-18(23)11-12-22-20(25)16-5-3-4-6-17(16)26-2/h3-10,13H,11-12H2,1-2H3,(H,22,25)/t13-/m0/s1. The number of carbonyl (C=O) groups excluding carboxylic acids is 3. The van der Waals surface area contributed by atoms with Crippen LogP contribution in [0.25, 0.3) is 0 Å². The number of ether oxygens (including phenoxy) is 2. The van der Waals surface area contributed by atoms with E-state index in [0.29, 0.717) is 11.3 Å². The van der Waals surface area contributed by atoms with Crippen molar-refractivity contribution in [3.63, 3.8) is 0 Å². The van der Waals surface area contributed by atoms with Crippen LogP contribution in [0.5, 0.6) is 5.75 Å². The molecule has 0 aliphatic carbocycles. The molecule has 2 aromatic rings. The Morgan fingerprint density at radius 2 is 1.74 bits per heavy atom. The summed E-state index contributed by atoms with van der Waals surface area (Å²) >= 11 is 0. The molecule has 0 fully saturated rings. The number of hydrogen-bond donors (Lipinski definition) is 1. The molecule has 142 valence electrons. The molecular weight excluding hydrogens is 353 g/mol. The van der Waals surface area contributed by atoms with Crippen molar-refractivity contribution in [2.24, 2.45) is 0 Å². The van der Waals surface area contributed by atoms with E-state index in [-0.39, 0.29) is 24.4 Å². The third-order valence-electron chi connectivity index (χ3n) is 3.77. The number of ketones is 1. The molecule has 0 saturated carbocycles. The number of carbonyl (C=O) groups is 3. The summed E-state index contributed by atoms with van der Waals surface area (Å²) in [7, 11) is 1.46. The third kappa shape index (κ3) is 5.64. The zero-order chi connectivity index (χ0) is 19.8. The van der Waals surface area contributed by atoms with E-state index in [2.05, 4.69) is 5.32 Å². The highest BCUT2D eigenvalue weighted by molar-refractivity contribution is 6.00. The van der Waals surface area contributed by atoms with Crippen LogP contribution in [-0.2, 0) is 9.53 Å². The highest BCUT2D eigenvalue weighted by Gasteiger charge is 2.19. The van der Waals surface area contributed by atoms with Gasteiger partial charge in [0.25, 0.3) is 5.91 Å². The smallest absolute Gasteiger partial charge is 0.308 e. The number of halogens is 1. The van der Waals surface area contributed by atoms with E-state index in [9.17, 15) is 18.8 Å². The lowest BCUT2D eigenvalue weighted by atomic mass is 10.1. The molecule has 0 unspecified atom stereocenters. The molecule has 1 amide bonds. The number of benzene rings is 2. The fourth-order valence-corrected chi connectivity index (χ4v) is 2.36. The number of para-hydroxylation sites is 1. The lowest BCUT2D eigenvalue weighted by molar-refractivity contribution is -0.146. The predicted molar refractivity (Wildman–Crippen MR) is 96.2 cm³/mol. The molecule has 0 radical (unpaired) electrons. The van der Waals surface area contributed by atoms with Gasteiger partial charge in [-0.25, -0.2) is 4.39 Å². The molecule has 7 heteroatoms. The van der Waals surface area contributed by atoms with Gasteiger partial charge in [0.15, 0.2) is 6.10 Å². The molecule has 0 aliphatic rings. The molecular formula is C20H20FNO5. The Bertz CT molecular complexity index is 819. The monoisotopic (exact) mass is 373 g/mol. The Balaban J connectivity index is 1.81. The number of rotatable bonds is 8. The summed E-state index contributed by atoms with van der Waals surface area (Å²) in [5.74, 6) is -1.46. The summed E-state index contributed by atoms with van der Waals surface area (Å²) in [4.78, 5) is 36.1. The second kappa shape index (κ2) is 9.47. The number of amides is 1. The van der Waals surface area contributed by atoms with Crippen LogP contribution >= 0.6 is 0 Å². The van der Waals surface area contributed by atoms with Gasteiger partial charge in [-0.3, -0.25) is 14.4 Å². The van der Waals surface area contributed by atoms with Gasteiger partial charge in [0, 0.05) is 12.1 Å². The van der Waals surface area contributed by atoms with Crippen molar-refractivity contribution in [3.05, 3.63) is 65.5 Å². The number of nitrogens with one attached hydrogen (secondary N) is 1. The first-order chi connectivity index (χ1) is 12.9. The second-order valence-corrected chi connectivity index (χ2v) is 5.71. The predicted octanol–water partition coefficient (Wildman–Crippen LogP) is 2.77. The van der Waals surface area contributed by atoms with Gasteiger partial charge in [-0.2, -0.15) is 0 Å². The Morgan fingerprint density at radius 3 is 2.41 bits per heavy atom. The molecule has 0 aliphatic heterocycles. The van der Waals surface area contributed by atoms with E-state index in [0.717, 1.165) is 12.1 Å². The van der Waals surface area contributed by atoms with Crippen LogP contribution in [0.4, 0.5) is 4.39 Å². The van der Waals surface area contributed by atoms with E-state index in [1.54, 1.807) is 24.3 Å². The fourth-order valence-electron chi connectivity index (χ4n) is 2.36. The summed E-state index contributed by atoms with van der Waals surface area (Å²) < 4.78 is 23.1. The summed E-state index contributed by atoms with van der Waals surface area (Å²) in [6, 6.07) is 11.7. The molecule has 1 atom stereocenters. The van der Waals surface area contributed by atoms with Gasteiger partial charge in [-0.15, -0.1) is 0 Å². The molecule has 6 nitrogen and oxygen atoms in total. The fraction of sp³-hybridized carbons (Fsp3) is 0.250. The van der Waals surface area contributed by atoms with Crippen molar-refractivity contribution in [2.75, 3.05) is 13.7 Å². The summed E-state index contributed by atoms with van der Waals surface area (Å²) in [5.41, 5.74) is 0.606. The highest BCUT2D eigenvalue weighted by atomic mass is 19.1.